The van der Waals surface area contributed by atoms with Crippen LogP contribution >= 0.6 is 0 Å². The number of carbonyl (C=O) groups excluding carboxylic acids is 4. The Balaban J connectivity index is 2.41. The van der Waals surface area contributed by atoms with E-state index in [1.54, 1.807) is 13.8 Å². The van der Waals surface area contributed by atoms with Crippen LogP contribution in [0.3, 0.4) is 0 Å². The van der Waals surface area contributed by atoms with E-state index in [0.717, 1.165) is 0 Å². The number of amides is 3. The number of hydrogen-bond acceptors (Lipinski definition) is 5. The number of likely N-dealkylation sites (N-methyl/N-ethyl adjacent to an activating group) is 1. The predicted molar refractivity (Wildman–Crippen MR) is 68.5 cm³/mol. The van der Waals surface area contributed by atoms with Gasteiger partial charge in [0.25, 0.3) is 0 Å². The van der Waals surface area contributed by atoms with Crippen LogP contribution in [-0.2, 0) is 23.9 Å². The van der Waals surface area contributed by atoms with Gasteiger partial charge >= 0.3 is 17.8 Å². The van der Waals surface area contributed by atoms with Gasteiger partial charge in [-0.15, -0.1) is 0 Å². The number of ether oxygens (including phenoxy) is 1. The van der Waals surface area contributed by atoms with Crippen molar-refractivity contribution in [1.29, 1.82) is 0 Å². The van der Waals surface area contributed by atoms with E-state index in [1.807, 2.05) is 0 Å². The molecule has 0 aromatic heterocycles. The van der Waals surface area contributed by atoms with Gasteiger partial charge in [0.05, 0.1) is 6.61 Å². The third-order valence-corrected chi connectivity index (χ3v) is 2.85. The molecule has 8 heteroatoms. The Morgan fingerprint density at radius 1 is 1.15 bits per heavy atom. The summed E-state index contributed by atoms with van der Waals surface area (Å²) < 4.78 is 4.65. The average Bonchev–Trinajstić information content (AvgIpc) is 2.42. The molecule has 1 saturated heterocycles. The molecule has 0 unspecified atom stereocenters. The van der Waals surface area contributed by atoms with Gasteiger partial charge < -0.3 is 19.9 Å². The van der Waals surface area contributed by atoms with Crippen LogP contribution in [0.15, 0.2) is 0 Å². The van der Waals surface area contributed by atoms with Crippen LogP contribution in [0.5, 0.6) is 0 Å². The normalized spacial score (nSPS) is 15.3. The molecule has 0 radical (unpaired) electrons. The van der Waals surface area contributed by atoms with Crippen molar-refractivity contribution in [1.82, 2.24) is 15.1 Å². The molecule has 0 saturated carbocycles. The molecule has 8 nitrogen and oxygen atoms in total. The molecule has 0 bridgehead atoms. The highest BCUT2D eigenvalue weighted by atomic mass is 16.5. The minimum absolute atomic E-state index is 0.235. The molecule has 1 aliphatic heterocycles. The Morgan fingerprint density at radius 2 is 1.75 bits per heavy atom. The second-order valence-electron chi connectivity index (χ2n) is 4.19. The lowest BCUT2D eigenvalue weighted by molar-refractivity contribution is -0.156. The summed E-state index contributed by atoms with van der Waals surface area (Å²) in [7, 11) is 0. The van der Waals surface area contributed by atoms with Gasteiger partial charge in [0.2, 0.25) is 5.91 Å². The Morgan fingerprint density at radius 3 is 2.35 bits per heavy atom. The first-order chi connectivity index (χ1) is 9.49. The first-order valence-electron chi connectivity index (χ1n) is 6.50. The number of carbonyl (C=O) groups is 4. The van der Waals surface area contributed by atoms with E-state index >= 15 is 0 Å². The zero-order chi connectivity index (χ0) is 15.1. The molecule has 1 fully saturated rings. The number of rotatable bonds is 6. The summed E-state index contributed by atoms with van der Waals surface area (Å²) in [6, 6.07) is 0. The molecular weight excluding hydrogens is 266 g/mol. The molecule has 1 rings (SSSR count). The van der Waals surface area contributed by atoms with Gasteiger partial charge in [-0.3, -0.25) is 19.2 Å². The van der Waals surface area contributed by atoms with Crippen molar-refractivity contribution in [3.05, 3.63) is 0 Å². The molecule has 1 N–H and O–H groups in total. The predicted octanol–water partition coefficient (Wildman–Crippen LogP) is -1.64. The zero-order valence-corrected chi connectivity index (χ0v) is 11.7. The fourth-order valence-corrected chi connectivity index (χ4v) is 1.78. The Labute approximate surface area is 117 Å². The van der Waals surface area contributed by atoms with Gasteiger partial charge in [-0.1, -0.05) is 0 Å². The molecular formula is C12H19N3O5. The van der Waals surface area contributed by atoms with Crippen LogP contribution in [0.2, 0.25) is 0 Å². The topological polar surface area (TPSA) is 96.0 Å². The fourth-order valence-electron chi connectivity index (χ4n) is 1.78. The Hall–Kier alpha value is -2.12. The number of esters is 1. The number of nitrogens with one attached hydrogen (secondary N) is 1. The summed E-state index contributed by atoms with van der Waals surface area (Å²) in [5.41, 5.74) is 0. The van der Waals surface area contributed by atoms with Gasteiger partial charge in [0.15, 0.2) is 0 Å². The highest BCUT2D eigenvalue weighted by molar-refractivity contribution is 6.35. The van der Waals surface area contributed by atoms with Crippen molar-refractivity contribution in [3.63, 3.8) is 0 Å². The zero-order valence-electron chi connectivity index (χ0n) is 11.7. The SMILES string of the molecule is CCOC(=O)CNC(=O)CN1CCN(CC)C(=O)C1=O. The van der Waals surface area contributed by atoms with Gasteiger partial charge in [0.1, 0.15) is 13.1 Å². The molecule has 0 aliphatic carbocycles. The van der Waals surface area contributed by atoms with Crippen LogP contribution in [0, 0.1) is 0 Å². The molecule has 112 valence electrons. The van der Waals surface area contributed by atoms with E-state index in [-0.39, 0.29) is 19.7 Å². The van der Waals surface area contributed by atoms with E-state index in [0.29, 0.717) is 19.6 Å². The van der Waals surface area contributed by atoms with Gasteiger partial charge in [0, 0.05) is 19.6 Å². The number of piperazine rings is 1. The highest BCUT2D eigenvalue weighted by Gasteiger charge is 2.32. The first-order valence-corrected chi connectivity index (χ1v) is 6.50. The summed E-state index contributed by atoms with van der Waals surface area (Å²) in [5.74, 6) is -2.33. The monoisotopic (exact) mass is 285 g/mol. The molecule has 0 aromatic rings. The molecule has 0 spiro atoms. The summed E-state index contributed by atoms with van der Waals surface area (Å²) in [6.07, 6.45) is 0. The largest absolute Gasteiger partial charge is 0.465 e. The molecule has 1 aliphatic rings. The summed E-state index contributed by atoms with van der Waals surface area (Å²) in [6.45, 7) is 4.39. The maximum atomic E-state index is 11.7. The number of nitrogens with zero attached hydrogens (tertiary/aromatic N) is 2. The average molecular weight is 285 g/mol. The Bertz CT molecular complexity index is 410. The first kappa shape index (κ1) is 15.9. The fraction of sp³-hybridized carbons (Fsp3) is 0.667. The van der Waals surface area contributed by atoms with E-state index in [9.17, 15) is 19.2 Å². The van der Waals surface area contributed by atoms with Gasteiger partial charge in [-0.25, -0.2) is 0 Å². The molecule has 1 heterocycles. The summed E-state index contributed by atoms with van der Waals surface area (Å²) in [4.78, 5) is 48.6. The second kappa shape index (κ2) is 7.46. The Kier molecular flexibility index (Phi) is 5.95. The third kappa shape index (κ3) is 4.22. The lowest BCUT2D eigenvalue weighted by Crippen LogP contribution is -2.56. The third-order valence-electron chi connectivity index (χ3n) is 2.85. The molecule has 0 atom stereocenters. The van der Waals surface area contributed by atoms with Crippen molar-refractivity contribution >= 4 is 23.7 Å². The minimum Gasteiger partial charge on any atom is -0.465 e. The maximum Gasteiger partial charge on any atom is 0.325 e. The van der Waals surface area contributed by atoms with Crippen LogP contribution in [0.25, 0.3) is 0 Å². The van der Waals surface area contributed by atoms with E-state index in [2.05, 4.69) is 10.1 Å². The second-order valence-corrected chi connectivity index (χ2v) is 4.19. The summed E-state index contributed by atoms with van der Waals surface area (Å²) >= 11 is 0. The lowest BCUT2D eigenvalue weighted by atomic mass is 10.3. The van der Waals surface area contributed by atoms with E-state index in [4.69, 9.17) is 0 Å². The van der Waals surface area contributed by atoms with Crippen molar-refractivity contribution in [3.8, 4) is 0 Å². The van der Waals surface area contributed by atoms with Crippen molar-refractivity contribution in [2.45, 2.75) is 13.8 Å². The highest BCUT2D eigenvalue weighted by Crippen LogP contribution is 2.04. The minimum atomic E-state index is -0.690. The van der Waals surface area contributed by atoms with E-state index < -0.39 is 23.7 Å². The van der Waals surface area contributed by atoms with Crippen LogP contribution < -0.4 is 5.32 Å². The maximum absolute atomic E-state index is 11.7. The molecule has 0 aromatic carbocycles. The molecule has 20 heavy (non-hydrogen) atoms. The molecule has 3 amide bonds. The van der Waals surface area contributed by atoms with E-state index in [1.165, 1.54) is 9.80 Å². The van der Waals surface area contributed by atoms with Gasteiger partial charge in [-0.2, -0.15) is 0 Å². The standard InChI is InChI=1S/C12H19N3O5/c1-3-14-5-6-15(12(19)11(14)18)8-9(16)13-7-10(17)20-4-2/h3-8H2,1-2H3,(H,13,16). The quantitative estimate of drug-likeness (QED) is 0.466. The smallest absolute Gasteiger partial charge is 0.325 e. The summed E-state index contributed by atoms with van der Waals surface area (Å²) in [5, 5.41) is 2.34. The van der Waals surface area contributed by atoms with Crippen LogP contribution in [0.1, 0.15) is 13.8 Å². The van der Waals surface area contributed by atoms with Crippen molar-refractivity contribution < 1.29 is 23.9 Å². The number of hydrogen-bond donors (Lipinski definition) is 1. The van der Waals surface area contributed by atoms with Gasteiger partial charge in [-0.05, 0) is 13.8 Å². The van der Waals surface area contributed by atoms with Crippen molar-refractivity contribution in [2.24, 2.45) is 0 Å². The van der Waals surface area contributed by atoms with Crippen molar-refractivity contribution in [2.75, 3.05) is 39.3 Å². The lowest BCUT2D eigenvalue weighted by Gasteiger charge is -2.32. The van der Waals surface area contributed by atoms with Crippen LogP contribution in [0.4, 0.5) is 0 Å². The van der Waals surface area contributed by atoms with Crippen LogP contribution in [-0.4, -0.2) is 72.8 Å².